The lowest BCUT2D eigenvalue weighted by Gasteiger charge is -2.08. The summed E-state index contributed by atoms with van der Waals surface area (Å²) in [5.41, 5.74) is 0. The van der Waals surface area contributed by atoms with E-state index in [1.54, 1.807) is 0 Å². The first-order chi connectivity index (χ1) is 5.26. The summed E-state index contributed by atoms with van der Waals surface area (Å²) in [7, 11) is 0. The molecule has 1 radical (unpaired) electrons. The van der Waals surface area contributed by atoms with Gasteiger partial charge in [0, 0.05) is 0 Å². The van der Waals surface area contributed by atoms with E-state index in [0.717, 1.165) is 12.8 Å². The molecule has 3 heteroatoms. The molecule has 0 N–H and O–H groups in total. The van der Waals surface area contributed by atoms with E-state index in [9.17, 15) is 9.59 Å². The average molecular weight is 157 g/mol. The quantitative estimate of drug-likeness (QED) is 0.561. The predicted octanol–water partition coefficient (Wildman–Crippen LogP) is 1.08. The van der Waals surface area contributed by atoms with Crippen molar-refractivity contribution in [3.05, 3.63) is 0 Å². The number of rotatable bonds is 5. The largest absolute Gasteiger partial charge is 0.457 e. The zero-order valence-electron chi connectivity index (χ0n) is 6.92. The molecule has 11 heavy (non-hydrogen) atoms. The lowest BCUT2D eigenvalue weighted by Crippen LogP contribution is -2.17. The van der Waals surface area contributed by atoms with E-state index < -0.39 is 0 Å². The zero-order chi connectivity index (χ0) is 8.69. The van der Waals surface area contributed by atoms with Gasteiger partial charge in [0.2, 0.25) is 6.29 Å². The molecule has 0 heterocycles. The van der Waals surface area contributed by atoms with Crippen molar-refractivity contribution in [2.75, 3.05) is 6.61 Å². The van der Waals surface area contributed by atoms with Crippen molar-refractivity contribution in [3.8, 4) is 0 Å². The number of hydrogen-bond donors (Lipinski definition) is 0. The Labute approximate surface area is 66.7 Å². The molecule has 0 aromatic rings. The van der Waals surface area contributed by atoms with Gasteiger partial charge in [-0.25, -0.2) is 0 Å². The minimum Gasteiger partial charge on any atom is -0.457 e. The Morgan fingerprint density at radius 2 is 2.00 bits per heavy atom. The summed E-state index contributed by atoms with van der Waals surface area (Å²) in [6.07, 6.45) is 3.02. The number of esters is 1. The molecule has 3 nitrogen and oxygen atoms in total. The third-order valence-electron chi connectivity index (χ3n) is 1.59. The van der Waals surface area contributed by atoms with Crippen molar-refractivity contribution < 1.29 is 14.3 Å². The molecule has 0 saturated heterocycles. The van der Waals surface area contributed by atoms with Gasteiger partial charge in [-0.1, -0.05) is 13.8 Å². The highest BCUT2D eigenvalue weighted by Crippen LogP contribution is 2.08. The summed E-state index contributed by atoms with van der Waals surface area (Å²) in [5.74, 6) is -0.360. The van der Waals surface area contributed by atoms with E-state index in [-0.39, 0.29) is 18.5 Å². The van der Waals surface area contributed by atoms with E-state index in [1.807, 2.05) is 13.8 Å². The van der Waals surface area contributed by atoms with E-state index in [1.165, 1.54) is 6.29 Å². The second-order valence-corrected chi connectivity index (χ2v) is 2.27. The molecule has 0 unspecified atom stereocenters. The summed E-state index contributed by atoms with van der Waals surface area (Å²) in [6.45, 7) is 3.59. The summed E-state index contributed by atoms with van der Waals surface area (Å²) in [5, 5.41) is 0. The molecule has 0 rings (SSSR count). The number of ether oxygens (including phenoxy) is 1. The highest BCUT2D eigenvalue weighted by Gasteiger charge is 2.14. The van der Waals surface area contributed by atoms with Crippen LogP contribution in [0, 0.1) is 5.92 Å². The van der Waals surface area contributed by atoms with E-state index in [0.29, 0.717) is 0 Å². The van der Waals surface area contributed by atoms with Crippen molar-refractivity contribution in [2.24, 2.45) is 5.92 Å². The fourth-order valence-electron chi connectivity index (χ4n) is 0.840. The van der Waals surface area contributed by atoms with Crippen LogP contribution < -0.4 is 0 Å². The smallest absolute Gasteiger partial charge is 0.309 e. The SMILES string of the molecule is CCC(CC)C(=O)OC[C]=O. The monoisotopic (exact) mass is 157 g/mol. The Bertz CT molecular complexity index is 127. The molecule has 0 aliphatic heterocycles. The number of carbonyl (C=O) groups is 1. The van der Waals surface area contributed by atoms with Crippen LogP contribution in [0.1, 0.15) is 26.7 Å². The molecule has 0 fully saturated rings. The highest BCUT2D eigenvalue weighted by atomic mass is 16.5. The topological polar surface area (TPSA) is 43.4 Å². The van der Waals surface area contributed by atoms with Crippen LogP contribution in [-0.4, -0.2) is 18.9 Å². The van der Waals surface area contributed by atoms with E-state index >= 15 is 0 Å². The van der Waals surface area contributed by atoms with E-state index in [2.05, 4.69) is 4.74 Å². The van der Waals surface area contributed by atoms with Gasteiger partial charge < -0.3 is 4.74 Å². The van der Waals surface area contributed by atoms with Crippen molar-refractivity contribution in [1.29, 1.82) is 0 Å². The van der Waals surface area contributed by atoms with Gasteiger partial charge in [0.1, 0.15) is 0 Å². The predicted molar refractivity (Wildman–Crippen MR) is 40.7 cm³/mol. The molecule has 0 atom stereocenters. The van der Waals surface area contributed by atoms with Crippen molar-refractivity contribution >= 4 is 12.3 Å². The molecule has 0 spiro atoms. The van der Waals surface area contributed by atoms with Crippen LogP contribution in [0.3, 0.4) is 0 Å². The first kappa shape index (κ1) is 10.1. The van der Waals surface area contributed by atoms with Crippen LogP contribution in [0.2, 0.25) is 0 Å². The minimum atomic E-state index is -0.293. The Hall–Kier alpha value is -0.860. The lowest BCUT2D eigenvalue weighted by atomic mass is 10.0. The molecule has 0 saturated carbocycles. The van der Waals surface area contributed by atoms with Crippen LogP contribution in [0.15, 0.2) is 0 Å². The molecule has 0 bridgehead atoms. The van der Waals surface area contributed by atoms with Crippen LogP contribution in [0.4, 0.5) is 0 Å². The third-order valence-corrected chi connectivity index (χ3v) is 1.59. The Balaban J connectivity index is 3.69. The first-order valence-electron chi connectivity index (χ1n) is 3.77. The summed E-state index contributed by atoms with van der Waals surface area (Å²) >= 11 is 0. The second kappa shape index (κ2) is 5.89. The zero-order valence-corrected chi connectivity index (χ0v) is 6.92. The maximum absolute atomic E-state index is 11.0. The van der Waals surface area contributed by atoms with Gasteiger partial charge in [-0.2, -0.15) is 0 Å². The highest BCUT2D eigenvalue weighted by molar-refractivity contribution is 5.73. The summed E-state index contributed by atoms with van der Waals surface area (Å²) < 4.78 is 4.57. The van der Waals surface area contributed by atoms with Gasteiger partial charge in [0.25, 0.3) is 0 Å². The van der Waals surface area contributed by atoms with Crippen molar-refractivity contribution in [1.82, 2.24) is 0 Å². The van der Waals surface area contributed by atoms with Gasteiger partial charge >= 0.3 is 5.97 Å². The fourth-order valence-corrected chi connectivity index (χ4v) is 0.840. The molecule has 0 aliphatic carbocycles. The standard InChI is InChI=1S/C8H13O3/c1-3-7(4-2)8(10)11-6-5-9/h7H,3-4,6H2,1-2H3. The summed E-state index contributed by atoms with van der Waals surface area (Å²) in [6, 6.07) is 0. The molecular formula is C8H13O3. The van der Waals surface area contributed by atoms with Gasteiger partial charge in [-0.3, -0.25) is 9.59 Å². The lowest BCUT2D eigenvalue weighted by molar-refractivity contribution is -0.147. The molecular weight excluding hydrogens is 144 g/mol. The van der Waals surface area contributed by atoms with Gasteiger partial charge in [0.05, 0.1) is 5.92 Å². The molecule has 0 aliphatic rings. The fraction of sp³-hybridized carbons (Fsp3) is 0.750. The number of hydrogen-bond acceptors (Lipinski definition) is 3. The maximum Gasteiger partial charge on any atom is 0.309 e. The Morgan fingerprint density at radius 1 is 1.45 bits per heavy atom. The third kappa shape index (κ3) is 3.75. The van der Waals surface area contributed by atoms with Gasteiger partial charge in [-0.05, 0) is 12.8 Å². The average Bonchev–Trinajstić information content (AvgIpc) is 2.03. The van der Waals surface area contributed by atoms with Crippen LogP contribution in [0.25, 0.3) is 0 Å². The maximum atomic E-state index is 11.0. The van der Waals surface area contributed by atoms with Gasteiger partial charge in [-0.15, -0.1) is 0 Å². The number of carbonyl (C=O) groups excluding carboxylic acids is 2. The minimum absolute atomic E-state index is 0.0663. The first-order valence-corrected chi connectivity index (χ1v) is 3.77. The van der Waals surface area contributed by atoms with Crippen molar-refractivity contribution in [3.63, 3.8) is 0 Å². The molecule has 0 aromatic heterocycles. The Kier molecular flexibility index (Phi) is 5.43. The molecule has 0 amide bonds. The second-order valence-electron chi connectivity index (χ2n) is 2.27. The van der Waals surface area contributed by atoms with Crippen LogP contribution in [0.5, 0.6) is 0 Å². The molecule has 63 valence electrons. The molecule has 0 aromatic carbocycles. The normalized spacial score (nSPS) is 9.73. The van der Waals surface area contributed by atoms with E-state index in [4.69, 9.17) is 0 Å². The summed E-state index contributed by atoms with van der Waals surface area (Å²) in [4.78, 5) is 20.7. The Morgan fingerprint density at radius 3 is 2.36 bits per heavy atom. The van der Waals surface area contributed by atoms with Crippen LogP contribution in [-0.2, 0) is 14.3 Å². The van der Waals surface area contributed by atoms with Gasteiger partial charge in [0.15, 0.2) is 6.61 Å². The van der Waals surface area contributed by atoms with Crippen molar-refractivity contribution in [2.45, 2.75) is 26.7 Å². The van der Waals surface area contributed by atoms with Crippen LogP contribution >= 0.6 is 0 Å².